The molecule has 0 aliphatic rings. The molecule has 1 nitrogen and oxygen atoms in total. The number of hydrogen-bond donors (Lipinski definition) is 0. The lowest BCUT2D eigenvalue weighted by Gasteiger charge is -2.06. The molecular weight excluding hydrogens is 252 g/mol. The van der Waals surface area contributed by atoms with Crippen molar-refractivity contribution in [2.24, 2.45) is 0 Å². The molecule has 0 aliphatic carbocycles. The van der Waals surface area contributed by atoms with Gasteiger partial charge in [0.25, 0.3) is 0 Å². The predicted molar refractivity (Wildman–Crippen MR) is 67.8 cm³/mol. The molecule has 1 rings (SSSR count). The van der Waals surface area contributed by atoms with Crippen LogP contribution in [0.5, 0.6) is 0 Å². The SMILES string of the molecule is CC(=O)/C=C(\C(C)=C\Br)c1ccccc1. The molecule has 0 atom stereocenters. The highest BCUT2D eigenvalue weighted by atomic mass is 79.9. The van der Waals surface area contributed by atoms with E-state index in [0.29, 0.717) is 0 Å². The fourth-order valence-electron chi connectivity index (χ4n) is 1.30. The molecule has 0 saturated heterocycles. The van der Waals surface area contributed by atoms with Gasteiger partial charge in [-0.1, -0.05) is 46.3 Å². The van der Waals surface area contributed by atoms with Crippen LogP contribution in [-0.2, 0) is 4.79 Å². The molecule has 0 amide bonds. The highest BCUT2D eigenvalue weighted by molar-refractivity contribution is 9.11. The van der Waals surface area contributed by atoms with Gasteiger partial charge in [0.15, 0.2) is 5.78 Å². The number of carbonyl (C=O) groups is 1. The van der Waals surface area contributed by atoms with Gasteiger partial charge in [0.2, 0.25) is 0 Å². The van der Waals surface area contributed by atoms with Crippen molar-refractivity contribution in [2.75, 3.05) is 0 Å². The Balaban J connectivity index is 3.20. The third-order valence-electron chi connectivity index (χ3n) is 2.02. The Labute approximate surface area is 98.6 Å². The largest absolute Gasteiger partial charge is 0.295 e. The molecule has 1 aromatic carbocycles. The van der Waals surface area contributed by atoms with E-state index in [1.54, 1.807) is 13.0 Å². The second-order valence-corrected chi connectivity index (χ2v) is 3.78. The summed E-state index contributed by atoms with van der Waals surface area (Å²) in [7, 11) is 0. The van der Waals surface area contributed by atoms with Gasteiger partial charge in [-0.25, -0.2) is 0 Å². The Kier molecular flexibility index (Phi) is 4.50. The smallest absolute Gasteiger partial charge is 0.153 e. The minimum absolute atomic E-state index is 0.0579. The van der Waals surface area contributed by atoms with Crippen LogP contribution < -0.4 is 0 Å². The number of carbonyl (C=O) groups excluding carboxylic acids is 1. The summed E-state index contributed by atoms with van der Waals surface area (Å²) in [5.41, 5.74) is 3.05. The van der Waals surface area contributed by atoms with Crippen molar-refractivity contribution in [3.8, 4) is 0 Å². The van der Waals surface area contributed by atoms with Crippen molar-refractivity contribution in [3.63, 3.8) is 0 Å². The van der Waals surface area contributed by atoms with Crippen LogP contribution >= 0.6 is 15.9 Å². The zero-order chi connectivity index (χ0) is 11.3. The van der Waals surface area contributed by atoms with Gasteiger partial charge in [-0.3, -0.25) is 4.79 Å². The molecule has 0 aromatic heterocycles. The molecule has 0 heterocycles. The van der Waals surface area contributed by atoms with Gasteiger partial charge in [-0.2, -0.15) is 0 Å². The van der Waals surface area contributed by atoms with Gasteiger partial charge in [-0.05, 0) is 41.6 Å². The lowest BCUT2D eigenvalue weighted by molar-refractivity contribution is -0.112. The van der Waals surface area contributed by atoms with E-state index in [9.17, 15) is 4.79 Å². The number of halogens is 1. The average Bonchev–Trinajstić information content (AvgIpc) is 2.26. The summed E-state index contributed by atoms with van der Waals surface area (Å²) in [6, 6.07) is 9.88. The summed E-state index contributed by atoms with van der Waals surface area (Å²) >= 11 is 3.29. The minimum Gasteiger partial charge on any atom is -0.295 e. The first-order chi connectivity index (χ1) is 7.15. The van der Waals surface area contributed by atoms with Crippen molar-refractivity contribution in [1.82, 2.24) is 0 Å². The van der Waals surface area contributed by atoms with Gasteiger partial charge in [-0.15, -0.1) is 0 Å². The molecule has 1 aromatic rings. The monoisotopic (exact) mass is 264 g/mol. The Morgan fingerprint density at radius 2 is 1.80 bits per heavy atom. The summed E-state index contributed by atoms with van der Waals surface area (Å²) in [5.74, 6) is 0.0579. The second-order valence-electron chi connectivity index (χ2n) is 3.33. The van der Waals surface area contributed by atoms with Crippen LogP contribution in [0.2, 0.25) is 0 Å². The minimum atomic E-state index is 0.0579. The van der Waals surface area contributed by atoms with Gasteiger partial charge >= 0.3 is 0 Å². The zero-order valence-corrected chi connectivity index (χ0v) is 10.4. The Morgan fingerprint density at radius 1 is 1.20 bits per heavy atom. The van der Waals surface area contributed by atoms with E-state index in [2.05, 4.69) is 15.9 Å². The molecule has 0 bridgehead atoms. The number of allylic oxidation sites excluding steroid dienone is 3. The third-order valence-corrected chi connectivity index (χ3v) is 2.71. The average molecular weight is 265 g/mol. The van der Waals surface area contributed by atoms with E-state index in [1.807, 2.05) is 42.2 Å². The molecule has 78 valence electrons. The summed E-state index contributed by atoms with van der Waals surface area (Å²) in [6.07, 6.45) is 1.66. The first-order valence-corrected chi connectivity index (χ1v) is 5.61. The quantitative estimate of drug-likeness (QED) is 0.597. The van der Waals surface area contributed by atoms with Crippen LogP contribution in [0.25, 0.3) is 5.57 Å². The predicted octanol–water partition coefficient (Wildman–Crippen LogP) is 3.96. The van der Waals surface area contributed by atoms with Crippen molar-refractivity contribution >= 4 is 27.3 Å². The molecule has 0 saturated carbocycles. The van der Waals surface area contributed by atoms with E-state index in [-0.39, 0.29) is 5.78 Å². The first-order valence-electron chi connectivity index (χ1n) is 4.70. The fourth-order valence-corrected chi connectivity index (χ4v) is 1.55. The van der Waals surface area contributed by atoms with E-state index in [1.165, 1.54) is 0 Å². The highest BCUT2D eigenvalue weighted by Gasteiger charge is 2.03. The van der Waals surface area contributed by atoms with Gasteiger partial charge in [0.05, 0.1) is 0 Å². The molecular formula is C13H13BrO. The van der Waals surface area contributed by atoms with Gasteiger partial charge in [0.1, 0.15) is 0 Å². The maximum atomic E-state index is 11.1. The summed E-state index contributed by atoms with van der Waals surface area (Å²) in [4.78, 5) is 13.0. The number of benzene rings is 1. The van der Waals surface area contributed by atoms with Crippen molar-refractivity contribution in [3.05, 3.63) is 52.5 Å². The highest BCUT2D eigenvalue weighted by Crippen LogP contribution is 2.23. The summed E-state index contributed by atoms with van der Waals surface area (Å²) < 4.78 is 0. The molecule has 0 fully saturated rings. The van der Waals surface area contributed by atoms with Crippen LogP contribution in [0.15, 0.2) is 47.0 Å². The molecule has 0 aliphatic heterocycles. The van der Waals surface area contributed by atoms with Crippen LogP contribution in [0.1, 0.15) is 19.4 Å². The lowest BCUT2D eigenvalue weighted by Crippen LogP contribution is -1.91. The van der Waals surface area contributed by atoms with Crippen LogP contribution in [0, 0.1) is 0 Å². The number of rotatable bonds is 3. The number of ketones is 1. The standard InChI is InChI=1S/C13H13BrO/c1-10(9-14)13(8-11(2)15)12-6-4-3-5-7-12/h3-9H,1-2H3/b10-9+,13-8+. The topological polar surface area (TPSA) is 17.1 Å². The Morgan fingerprint density at radius 3 is 2.27 bits per heavy atom. The van der Waals surface area contributed by atoms with Crippen LogP contribution in [0.3, 0.4) is 0 Å². The normalized spacial score (nSPS) is 12.7. The third kappa shape index (κ3) is 3.48. The van der Waals surface area contributed by atoms with E-state index < -0.39 is 0 Å². The lowest BCUT2D eigenvalue weighted by atomic mass is 9.99. The molecule has 2 heteroatoms. The molecule has 15 heavy (non-hydrogen) atoms. The van der Waals surface area contributed by atoms with Crippen LogP contribution in [-0.4, -0.2) is 5.78 Å². The van der Waals surface area contributed by atoms with Crippen LogP contribution in [0.4, 0.5) is 0 Å². The zero-order valence-electron chi connectivity index (χ0n) is 8.83. The first kappa shape index (κ1) is 11.9. The maximum absolute atomic E-state index is 11.1. The van der Waals surface area contributed by atoms with Crippen molar-refractivity contribution < 1.29 is 4.79 Å². The fraction of sp³-hybridized carbons (Fsp3) is 0.154. The molecule has 0 radical (unpaired) electrons. The van der Waals surface area contributed by atoms with Gasteiger partial charge in [0, 0.05) is 0 Å². The summed E-state index contributed by atoms with van der Waals surface area (Å²) in [6.45, 7) is 3.53. The van der Waals surface area contributed by atoms with Gasteiger partial charge < -0.3 is 0 Å². The van der Waals surface area contributed by atoms with E-state index >= 15 is 0 Å². The molecule has 0 N–H and O–H groups in total. The van der Waals surface area contributed by atoms with E-state index in [4.69, 9.17) is 0 Å². The summed E-state index contributed by atoms with van der Waals surface area (Å²) in [5, 5.41) is 0. The Bertz CT molecular complexity index is 402. The Hall–Kier alpha value is -1.15. The second kappa shape index (κ2) is 5.66. The molecule has 0 unspecified atom stereocenters. The van der Waals surface area contributed by atoms with Crippen molar-refractivity contribution in [1.29, 1.82) is 0 Å². The molecule has 0 spiro atoms. The number of hydrogen-bond acceptors (Lipinski definition) is 1. The maximum Gasteiger partial charge on any atom is 0.153 e. The van der Waals surface area contributed by atoms with Crippen molar-refractivity contribution in [2.45, 2.75) is 13.8 Å². The van der Waals surface area contributed by atoms with E-state index in [0.717, 1.165) is 16.7 Å².